The predicted octanol–water partition coefficient (Wildman–Crippen LogP) is 3.28. The molecule has 3 rings (SSSR count). The van der Waals surface area contributed by atoms with Gasteiger partial charge in [0.05, 0.1) is 6.04 Å². The molecular formula is C19H28N2O. The van der Waals surface area contributed by atoms with Gasteiger partial charge in [0.1, 0.15) is 0 Å². The number of hydrogen-bond donors (Lipinski definition) is 2. The first-order chi connectivity index (χ1) is 10.6. The number of rotatable bonds is 5. The molecular weight excluding hydrogens is 272 g/mol. The number of hydrogen-bond acceptors (Lipinski definition) is 2. The van der Waals surface area contributed by atoms with Crippen molar-refractivity contribution in [3.05, 3.63) is 35.9 Å². The minimum absolute atomic E-state index is 0.146. The second kappa shape index (κ2) is 6.41. The molecule has 0 bridgehead atoms. The van der Waals surface area contributed by atoms with Gasteiger partial charge in [0.2, 0.25) is 5.91 Å². The Hall–Kier alpha value is -1.35. The number of amides is 1. The first-order valence-electron chi connectivity index (χ1n) is 8.67. The third kappa shape index (κ3) is 3.35. The summed E-state index contributed by atoms with van der Waals surface area (Å²) in [5, 5.41) is 6.74. The minimum Gasteiger partial charge on any atom is -0.349 e. The quantitative estimate of drug-likeness (QED) is 0.876. The average Bonchev–Trinajstić information content (AvgIpc) is 3.21. The van der Waals surface area contributed by atoms with Crippen LogP contribution in [0.15, 0.2) is 30.3 Å². The van der Waals surface area contributed by atoms with Gasteiger partial charge in [0, 0.05) is 5.92 Å². The summed E-state index contributed by atoms with van der Waals surface area (Å²) in [4.78, 5) is 12.7. The summed E-state index contributed by atoms with van der Waals surface area (Å²) in [5.41, 5.74) is 1.54. The monoisotopic (exact) mass is 300 g/mol. The van der Waals surface area contributed by atoms with E-state index in [0.29, 0.717) is 11.3 Å². The summed E-state index contributed by atoms with van der Waals surface area (Å²) in [7, 11) is 0. The summed E-state index contributed by atoms with van der Waals surface area (Å²) >= 11 is 0. The van der Waals surface area contributed by atoms with Crippen LogP contribution in [0.5, 0.6) is 0 Å². The Morgan fingerprint density at radius 3 is 2.59 bits per heavy atom. The van der Waals surface area contributed by atoms with Gasteiger partial charge in [0.25, 0.3) is 0 Å². The van der Waals surface area contributed by atoms with Crippen LogP contribution in [0.1, 0.15) is 51.1 Å². The van der Waals surface area contributed by atoms with Gasteiger partial charge < -0.3 is 10.6 Å². The molecule has 1 amide bonds. The lowest BCUT2D eigenvalue weighted by Crippen LogP contribution is -2.35. The van der Waals surface area contributed by atoms with E-state index in [1.807, 2.05) is 6.07 Å². The van der Waals surface area contributed by atoms with Gasteiger partial charge in [-0.15, -0.1) is 0 Å². The highest BCUT2D eigenvalue weighted by Crippen LogP contribution is 2.58. The van der Waals surface area contributed by atoms with E-state index in [1.54, 1.807) is 0 Å². The highest BCUT2D eigenvalue weighted by atomic mass is 16.2. The van der Waals surface area contributed by atoms with Crippen molar-refractivity contribution >= 4 is 5.91 Å². The maximum atomic E-state index is 12.7. The molecule has 2 fully saturated rings. The van der Waals surface area contributed by atoms with Crippen molar-refractivity contribution < 1.29 is 4.79 Å². The normalized spacial score (nSPS) is 24.2. The lowest BCUT2D eigenvalue weighted by atomic mass is 9.91. The van der Waals surface area contributed by atoms with Crippen LogP contribution in [0.2, 0.25) is 0 Å². The zero-order valence-electron chi connectivity index (χ0n) is 13.8. The van der Waals surface area contributed by atoms with E-state index in [4.69, 9.17) is 0 Å². The lowest BCUT2D eigenvalue weighted by molar-refractivity contribution is -0.124. The summed E-state index contributed by atoms with van der Waals surface area (Å²) in [6.07, 6.45) is 4.40. The topological polar surface area (TPSA) is 41.1 Å². The Bertz CT molecular complexity index is 505. The van der Waals surface area contributed by atoms with Gasteiger partial charge in [-0.25, -0.2) is 0 Å². The fourth-order valence-electron chi connectivity index (χ4n) is 3.90. The molecule has 2 atom stereocenters. The fraction of sp³-hybridized carbons (Fsp3) is 0.632. The number of carbonyl (C=O) groups excluding carboxylic acids is 1. The molecule has 2 N–H and O–H groups in total. The number of nitrogens with one attached hydrogen (secondary N) is 2. The Morgan fingerprint density at radius 2 is 1.95 bits per heavy atom. The highest BCUT2D eigenvalue weighted by Gasteiger charge is 2.57. The Labute approximate surface area is 133 Å². The van der Waals surface area contributed by atoms with Gasteiger partial charge in [-0.2, -0.15) is 0 Å². The van der Waals surface area contributed by atoms with Crippen LogP contribution in [0, 0.1) is 17.3 Å². The Kier molecular flexibility index (Phi) is 4.53. The number of benzene rings is 1. The first-order valence-corrected chi connectivity index (χ1v) is 8.67. The highest BCUT2D eigenvalue weighted by molar-refractivity contribution is 5.83. The van der Waals surface area contributed by atoms with E-state index in [-0.39, 0.29) is 17.9 Å². The van der Waals surface area contributed by atoms with E-state index in [0.717, 1.165) is 38.8 Å². The molecule has 1 aromatic carbocycles. The Morgan fingerprint density at radius 1 is 1.27 bits per heavy atom. The van der Waals surface area contributed by atoms with Gasteiger partial charge >= 0.3 is 0 Å². The molecule has 0 aromatic heterocycles. The van der Waals surface area contributed by atoms with Gasteiger partial charge in [0.15, 0.2) is 0 Å². The van der Waals surface area contributed by atoms with E-state index >= 15 is 0 Å². The van der Waals surface area contributed by atoms with Crippen molar-refractivity contribution in [2.75, 3.05) is 13.1 Å². The zero-order chi connectivity index (χ0) is 15.6. The molecule has 120 valence electrons. The van der Waals surface area contributed by atoms with Crippen LogP contribution in [0.3, 0.4) is 0 Å². The summed E-state index contributed by atoms with van der Waals surface area (Å²) in [5.74, 6) is 1.09. The predicted molar refractivity (Wildman–Crippen MR) is 89.4 cm³/mol. The van der Waals surface area contributed by atoms with Gasteiger partial charge in [-0.1, -0.05) is 44.2 Å². The molecule has 1 aromatic rings. The summed E-state index contributed by atoms with van der Waals surface area (Å²) < 4.78 is 0. The van der Waals surface area contributed by atoms with Crippen molar-refractivity contribution in [2.45, 2.75) is 45.6 Å². The van der Waals surface area contributed by atoms with Crippen LogP contribution in [-0.4, -0.2) is 19.0 Å². The maximum absolute atomic E-state index is 12.7. The smallest absolute Gasteiger partial charge is 0.224 e. The van der Waals surface area contributed by atoms with Crippen LogP contribution >= 0.6 is 0 Å². The summed E-state index contributed by atoms with van der Waals surface area (Å²) in [6.45, 7) is 6.57. The molecule has 3 nitrogen and oxygen atoms in total. The van der Waals surface area contributed by atoms with Gasteiger partial charge in [-0.05, 0) is 55.7 Å². The molecule has 2 aliphatic rings. The SMILES string of the molecule is CC(C)CC(NC(=O)C1CC12CCNCC2)c1ccccc1. The maximum Gasteiger partial charge on any atom is 0.224 e. The first kappa shape index (κ1) is 15.5. The van der Waals surface area contributed by atoms with Crippen molar-refractivity contribution in [1.29, 1.82) is 0 Å². The molecule has 1 aliphatic heterocycles. The molecule has 1 heterocycles. The molecule has 1 saturated heterocycles. The van der Waals surface area contributed by atoms with Crippen LogP contribution in [0.4, 0.5) is 0 Å². The molecule has 3 heteroatoms. The van der Waals surface area contributed by atoms with Crippen molar-refractivity contribution in [3.63, 3.8) is 0 Å². The van der Waals surface area contributed by atoms with Crippen LogP contribution < -0.4 is 10.6 Å². The summed E-state index contributed by atoms with van der Waals surface area (Å²) in [6, 6.07) is 10.5. The van der Waals surface area contributed by atoms with E-state index < -0.39 is 0 Å². The second-order valence-corrected chi connectivity index (χ2v) is 7.47. The fourth-order valence-corrected chi connectivity index (χ4v) is 3.90. The number of carbonyl (C=O) groups is 1. The molecule has 22 heavy (non-hydrogen) atoms. The van der Waals surface area contributed by atoms with Crippen molar-refractivity contribution in [2.24, 2.45) is 17.3 Å². The molecule has 1 spiro atoms. The Balaban J connectivity index is 1.65. The zero-order valence-corrected chi connectivity index (χ0v) is 13.8. The molecule has 2 unspecified atom stereocenters. The van der Waals surface area contributed by atoms with Gasteiger partial charge in [-0.3, -0.25) is 4.79 Å². The van der Waals surface area contributed by atoms with Crippen molar-refractivity contribution in [1.82, 2.24) is 10.6 Å². The second-order valence-electron chi connectivity index (χ2n) is 7.47. The lowest BCUT2D eigenvalue weighted by Gasteiger charge is -2.25. The third-order valence-electron chi connectivity index (χ3n) is 5.33. The molecule has 1 aliphatic carbocycles. The number of piperidine rings is 1. The largest absolute Gasteiger partial charge is 0.349 e. The van der Waals surface area contributed by atoms with Crippen LogP contribution in [-0.2, 0) is 4.79 Å². The van der Waals surface area contributed by atoms with E-state index in [2.05, 4.69) is 48.7 Å². The van der Waals surface area contributed by atoms with Crippen molar-refractivity contribution in [3.8, 4) is 0 Å². The standard InChI is InChI=1S/C19H28N2O/c1-14(2)12-17(15-6-4-3-5-7-15)21-18(22)16-13-19(16)8-10-20-11-9-19/h3-7,14,16-17,20H,8-13H2,1-2H3,(H,21,22). The van der Waals surface area contributed by atoms with E-state index in [9.17, 15) is 4.79 Å². The molecule has 1 saturated carbocycles. The van der Waals surface area contributed by atoms with E-state index in [1.165, 1.54) is 5.56 Å². The average molecular weight is 300 g/mol. The molecule has 0 radical (unpaired) electrons. The minimum atomic E-state index is 0.146. The third-order valence-corrected chi connectivity index (χ3v) is 5.33. The van der Waals surface area contributed by atoms with Crippen LogP contribution in [0.25, 0.3) is 0 Å².